The van der Waals surface area contributed by atoms with Crippen molar-refractivity contribution < 1.29 is 0 Å². The quantitative estimate of drug-likeness (QED) is 0.148. The van der Waals surface area contributed by atoms with Crippen molar-refractivity contribution >= 4 is 70.5 Å². The molecule has 2 nitrogen and oxygen atoms in total. The molecule has 5 aliphatic rings. The fourth-order valence-electron chi connectivity index (χ4n) is 11.8. The number of hydrogen-bond donors (Lipinski definition) is 0. The second-order valence-corrected chi connectivity index (χ2v) is 18.9. The molecule has 2 heterocycles. The van der Waals surface area contributed by atoms with Gasteiger partial charge in [-0.3, -0.25) is 0 Å². The lowest BCUT2D eigenvalue weighted by atomic mass is 9.76. The monoisotopic (exact) mass is 836 g/mol. The number of anilines is 5. The average molecular weight is 837 g/mol. The van der Waals surface area contributed by atoms with E-state index in [1.165, 1.54) is 132 Å². The predicted molar refractivity (Wildman–Crippen MR) is 278 cm³/mol. The normalized spacial score (nSPS) is 16.8. The zero-order valence-corrected chi connectivity index (χ0v) is 37.3. The maximum absolute atomic E-state index is 4.33. The van der Waals surface area contributed by atoms with Crippen LogP contribution in [0.4, 0.5) is 28.4 Å². The first-order valence-electron chi connectivity index (χ1n) is 23.4. The number of allylic oxidation sites excluding steroid dienone is 4. The first kappa shape index (κ1) is 39.2. The van der Waals surface area contributed by atoms with Gasteiger partial charge in [0.2, 0.25) is 0 Å². The lowest BCUT2D eigenvalue weighted by Gasteiger charge is -2.30. The van der Waals surface area contributed by atoms with Crippen LogP contribution in [0.15, 0.2) is 182 Å². The summed E-state index contributed by atoms with van der Waals surface area (Å²) < 4.78 is 0. The van der Waals surface area contributed by atoms with E-state index in [0.717, 1.165) is 6.54 Å². The summed E-state index contributed by atoms with van der Waals surface area (Å²) in [5.74, 6) is 0. The van der Waals surface area contributed by atoms with Crippen molar-refractivity contribution in [3.63, 3.8) is 0 Å². The highest BCUT2D eigenvalue weighted by Gasteiger charge is 2.45. The lowest BCUT2D eigenvalue weighted by molar-refractivity contribution is 0.550. The molecular weight excluding hydrogens is 785 g/mol. The Labute approximate surface area is 384 Å². The van der Waals surface area contributed by atoms with Gasteiger partial charge in [0, 0.05) is 34.4 Å². The Kier molecular flexibility index (Phi) is 9.28. The standard InChI is InChI=1S/C63H52N2/c1-4-54-50(20-15-39-64-58-21-9-5-16-45(58)29-30-46-17-6-10-22-59(46)64)51-34-27-43(40-55(51)62(54,2)3)25-26-44-28-35-52-53-36-33-49(42-57(53)63(56(52)41-44)37-13-14-38-63)65-60-23-11-7-18-47(60)31-32-48-19-8-12-24-61(48)65/h4-12,15-36,40-42H,1,13-14,37-39H2,2-3H3/b20-15-,26-25+. The highest BCUT2D eigenvalue weighted by Crippen LogP contribution is 2.58. The minimum Gasteiger partial charge on any atom is -0.337 e. The predicted octanol–water partition coefficient (Wildman–Crippen LogP) is 16.8. The minimum absolute atomic E-state index is 0.0266. The molecule has 65 heavy (non-hydrogen) atoms. The molecule has 0 saturated heterocycles. The van der Waals surface area contributed by atoms with Gasteiger partial charge in [-0.25, -0.2) is 0 Å². The molecule has 7 aromatic rings. The molecule has 1 saturated carbocycles. The van der Waals surface area contributed by atoms with Crippen molar-refractivity contribution in [2.24, 2.45) is 0 Å². The number of fused-ring (bicyclic) bond motifs is 10. The van der Waals surface area contributed by atoms with E-state index >= 15 is 0 Å². The molecule has 0 unspecified atom stereocenters. The fourth-order valence-corrected chi connectivity index (χ4v) is 11.8. The first-order chi connectivity index (χ1) is 31.9. The van der Waals surface area contributed by atoms with Crippen LogP contribution in [0.3, 0.4) is 0 Å². The van der Waals surface area contributed by atoms with Crippen LogP contribution in [0.5, 0.6) is 0 Å². The Morgan fingerprint density at radius 3 is 1.55 bits per heavy atom. The molecule has 7 aromatic carbocycles. The third-order valence-corrected chi connectivity index (χ3v) is 15.0. The van der Waals surface area contributed by atoms with Gasteiger partial charge in [0.1, 0.15) is 0 Å². The molecular formula is C63H52N2. The lowest BCUT2D eigenvalue weighted by Crippen LogP contribution is -2.21. The Hall–Kier alpha value is -7.42. The number of benzene rings is 7. The van der Waals surface area contributed by atoms with E-state index in [0.29, 0.717) is 0 Å². The molecule has 0 atom stereocenters. The molecule has 1 fully saturated rings. The zero-order valence-electron chi connectivity index (χ0n) is 37.3. The minimum atomic E-state index is -0.173. The fraction of sp³-hybridized carbons (Fsp3) is 0.143. The van der Waals surface area contributed by atoms with Crippen molar-refractivity contribution in [1.29, 1.82) is 0 Å². The van der Waals surface area contributed by atoms with Gasteiger partial charge < -0.3 is 9.80 Å². The maximum Gasteiger partial charge on any atom is 0.0534 e. The van der Waals surface area contributed by atoms with Crippen LogP contribution < -0.4 is 9.80 Å². The molecule has 2 heteroatoms. The van der Waals surface area contributed by atoms with E-state index in [1.54, 1.807) is 0 Å². The van der Waals surface area contributed by atoms with Crippen molar-refractivity contribution in [2.75, 3.05) is 16.3 Å². The van der Waals surface area contributed by atoms with Gasteiger partial charge in [-0.05, 0) is 127 Å². The second-order valence-electron chi connectivity index (χ2n) is 18.9. The summed E-state index contributed by atoms with van der Waals surface area (Å²) in [6.45, 7) is 9.78. The van der Waals surface area contributed by atoms with Gasteiger partial charge in [-0.2, -0.15) is 0 Å². The SMILES string of the molecule is C=CC1=C(/C=C\CN2c3ccccc3C=Cc3ccccc32)c2ccc(/C=C/c3ccc4c(c3)C3(CCCC3)c3cc(N5c6ccccc6C=Cc6ccccc65)ccc3-4)cc2C1(C)C. The molecule has 2 aliphatic heterocycles. The Morgan fingerprint density at radius 1 is 0.508 bits per heavy atom. The van der Waals surface area contributed by atoms with Crippen LogP contribution >= 0.6 is 0 Å². The number of para-hydroxylation sites is 4. The van der Waals surface area contributed by atoms with Crippen LogP contribution in [0.25, 0.3) is 53.2 Å². The number of rotatable bonds is 7. The number of hydrogen-bond acceptors (Lipinski definition) is 2. The molecule has 0 bridgehead atoms. The van der Waals surface area contributed by atoms with Crippen LogP contribution in [0.2, 0.25) is 0 Å². The van der Waals surface area contributed by atoms with Crippen LogP contribution in [0.1, 0.15) is 95.2 Å². The summed E-state index contributed by atoms with van der Waals surface area (Å²) in [7, 11) is 0. The second kappa shape index (κ2) is 15.4. The number of nitrogens with zero attached hydrogens (tertiary/aromatic N) is 2. The third-order valence-electron chi connectivity index (χ3n) is 15.0. The van der Waals surface area contributed by atoms with Gasteiger partial charge in [-0.15, -0.1) is 0 Å². The summed E-state index contributed by atoms with van der Waals surface area (Å²) in [4.78, 5) is 4.91. The summed E-state index contributed by atoms with van der Waals surface area (Å²) in [5.41, 5.74) is 24.3. The molecule has 0 N–H and O–H groups in total. The third kappa shape index (κ3) is 6.30. The zero-order chi connectivity index (χ0) is 43.7. The smallest absolute Gasteiger partial charge is 0.0534 e. The average Bonchev–Trinajstić information content (AvgIpc) is 3.91. The molecule has 314 valence electrons. The molecule has 0 aromatic heterocycles. The Bertz CT molecular complexity index is 3150. The molecule has 0 radical (unpaired) electrons. The highest BCUT2D eigenvalue weighted by molar-refractivity contribution is 5.95. The Balaban J connectivity index is 0.842. The first-order valence-corrected chi connectivity index (χ1v) is 23.4. The van der Waals surface area contributed by atoms with Crippen LogP contribution in [0, 0.1) is 0 Å². The van der Waals surface area contributed by atoms with E-state index in [4.69, 9.17) is 0 Å². The Morgan fingerprint density at radius 2 is 0.985 bits per heavy atom. The maximum atomic E-state index is 4.33. The van der Waals surface area contributed by atoms with Gasteiger partial charge in [-0.1, -0.05) is 203 Å². The van der Waals surface area contributed by atoms with Gasteiger partial charge in [0.25, 0.3) is 0 Å². The van der Waals surface area contributed by atoms with E-state index in [2.05, 4.69) is 237 Å². The summed E-state index contributed by atoms with van der Waals surface area (Å²) in [6.07, 6.45) is 25.2. The molecule has 3 aliphatic carbocycles. The molecule has 1 spiro atoms. The molecule has 12 rings (SSSR count). The summed E-state index contributed by atoms with van der Waals surface area (Å²) >= 11 is 0. The topological polar surface area (TPSA) is 6.48 Å². The van der Waals surface area contributed by atoms with Crippen molar-refractivity contribution in [3.8, 4) is 11.1 Å². The summed E-state index contributed by atoms with van der Waals surface area (Å²) in [6, 6.07) is 56.5. The van der Waals surface area contributed by atoms with E-state index in [-0.39, 0.29) is 10.8 Å². The van der Waals surface area contributed by atoms with E-state index in [9.17, 15) is 0 Å². The van der Waals surface area contributed by atoms with Gasteiger partial charge in [0.05, 0.1) is 11.4 Å². The van der Waals surface area contributed by atoms with E-state index in [1.807, 2.05) is 0 Å². The summed E-state index contributed by atoms with van der Waals surface area (Å²) in [5, 5.41) is 0. The van der Waals surface area contributed by atoms with Crippen molar-refractivity contribution in [1.82, 2.24) is 0 Å². The van der Waals surface area contributed by atoms with Gasteiger partial charge >= 0.3 is 0 Å². The van der Waals surface area contributed by atoms with Crippen LogP contribution in [-0.4, -0.2) is 6.54 Å². The van der Waals surface area contributed by atoms with Crippen molar-refractivity contribution in [3.05, 3.63) is 238 Å². The molecule has 0 amide bonds. The van der Waals surface area contributed by atoms with Gasteiger partial charge in [0.15, 0.2) is 0 Å². The largest absolute Gasteiger partial charge is 0.337 e. The highest BCUT2D eigenvalue weighted by atomic mass is 15.2. The van der Waals surface area contributed by atoms with Crippen LogP contribution in [-0.2, 0) is 10.8 Å². The van der Waals surface area contributed by atoms with E-state index < -0.39 is 0 Å². The van der Waals surface area contributed by atoms with Crippen molar-refractivity contribution in [2.45, 2.75) is 50.4 Å².